The van der Waals surface area contributed by atoms with Gasteiger partial charge in [0.15, 0.2) is 11.9 Å². The highest BCUT2D eigenvalue weighted by atomic mass is 127. The molecule has 1 amide bonds. The van der Waals surface area contributed by atoms with Crippen LogP contribution in [0.15, 0.2) is 36.5 Å². The number of fused-ring (bicyclic) bond motifs is 1. The number of carbonyl (C=O) groups excluding carboxylic acids is 1. The molecular weight excluding hydrogens is 355 g/mol. The molecule has 0 spiro atoms. The summed E-state index contributed by atoms with van der Waals surface area (Å²) in [6, 6.07) is 10.0. The first-order valence-electron chi connectivity index (χ1n) is 5.93. The summed E-state index contributed by atoms with van der Waals surface area (Å²) in [4.78, 5) is 10.8. The summed E-state index contributed by atoms with van der Waals surface area (Å²) in [5.74, 6) is 0.794. The molecule has 5 heteroatoms. The van der Waals surface area contributed by atoms with Gasteiger partial charge >= 0.3 is 0 Å². The highest BCUT2D eigenvalue weighted by Gasteiger charge is 2.10. The fourth-order valence-corrected chi connectivity index (χ4v) is 1.91. The predicted molar refractivity (Wildman–Crippen MR) is 69.3 cm³/mol. The van der Waals surface area contributed by atoms with E-state index in [1.807, 2.05) is 36.0 Å². The van der Waals surface area contributed by atoms with Crippen LogP contribution in [-0.4, -0.2) is 19.1 Å². The molecule has 0 saturated heterocycles. The van der Waals surface area contributed by atoms with Crippen LogP contribution in [0.2, 0.25) is 0 Å². The molecule has 1 aromatic carbocycles. The molecule has 0 saturated carbocycles. The largest absolute Gasteiger partial charge is 1.00 e. The van der Waals surface area contributed by atoms with Crippen LogP contribution in [0.25, 0.3) is 10.9 Å². The van der Waals surface area contributed by atoms with Crippen LogP contribution in [0.5, 0.6) is 5.75 Å². The van der Waals surface area contributed by atoms with Crippen molar-refractivity contribution in [3.05, 3.63) is 36.5 Å². The van der Waals surface area contributed by atoms with Gasteiger partial charge in [-0.1, -0.05) is 6.07 Å². The third-order valence-electron chi connectivity index (χ3n) is 2.70. The van der Waals surface area contributed by atoms with E-state index in [-0.39, 0.29) is 29.9 Å². The van der Waals surface area contributed by atoms with E-state index in [0.717, 1.165) is 16.7 Å². The van der Waals surface area contributed by atoms with E-state index in [1.54, 1.807) is 0 Å². The number of hydrogen-bond acceptors (Lipinski definition) is 2. The third-order valence-corrected chi connectivity index (χ3v) is 2.70. The Balaban J connectivity index is 0.00000180. The van der Waals surface area contributed by atoms with Crippen LogP contribution in [0.3, 0.4) is 0 Å². The number of nitrogens with zero attached hydrogens (tertiary/aromatic N) is 1. The number of aryl methyl sites for hydroxylation is 1. The number of carbonyl (C=O) groups is 1. The van der Waals surface area contributed by atoms with E-state index < -0.39 is 0 Å². The van der Waals surface area contributed by atoms with Crippen LogP contribution in [0.1, 0.15) is 6.92 Å². The number of halogens is 1. The fraction of sp³-hybridized carbons (Fsp3) is 0.286. The average molecular weight is 372 g/mol. The molecule has 2 rings (SSSR count). The number of aromatic nitrogens is 1. The minimum atomic E-state index is -0.0397. The summed E-state index contributed by atoms with van der Waals surface area (Å²) in [7, 11) is 1.99. The number of ether oxygens (including phenoxy) is 1. The zero-order valence-corrected chi connectivity index (χ0v) is 13.2. The second-order valence-electron chi connectivity index (χ2n) is 4.14. The van der Waals surface area contributed by atoms with Crippen molar-refractivity contribution in [1.29, 1.82) is 0 Å². The highest BCUT2D eigenvalue weighted by molar-refractivity contribution is 5.81. The van der Waals surface area contributed by atoms with E-state index in [2.05, 4.69) is 17.4 Å². The molecular formula is C14H17IN2O2. The van der Waals surface area contributed by atoms with E-state index in [4.69, 9.17) is 4.74 Å². The predicted octanol–water partition coefficient (Wildman–Crippen LogP) is -1.82. The van der Waals surface area contributed by atoms with Gasteiger partial charge in [-0.15, -0.1) is 0 Å². The van der Waals surface area contributed by atoms with Gasteiger partial charge in [-0.05, 0) is 18.2 Å². The Bertz CT molecular complexity index is 567. The molecule has 0 aliphatic rings. The van der Waals surface area contributed by atoms with E-state index in [1.165, 1.54) is 6.92 Å². The molecule has 1 heterocycles. The van der Waals surface area contributed by atoms with Gasteiger partial charge in [-0.3, -0.25) is 4.79 Å². The van der Waals surface area contributed by atoms with Crippen molar-refractivity contribution in [2.45, 2.75) is 6.92 Å². The zero-order valence-electron chi connectivity index (χ0n) is 11.0. The van der Waals surface area contributed by atoms with Crippen LogP contribution in [0, 0.1) is 0 Å². The zero-order chi connectivity index (χ0) is 13.0. The summed E-state index contributed by atoms with van der Waals surface area (Å²) >= 11 is 0. The van der Waals surface area contributed by atoms with Crippen molar-refractivity contribution in [3.63, 3.8) is 0 Å². The van der Waals surface area contributed by atoms with Crippen molar-refractivity contribution in [3.8, 4) is 5.75 Å². The first kappa shape index (κ1) is 15.7. The smallest absolute Gasteiger partial charge is 0.254 e. The number of hydrogen-bond donors (Lipinski definition) is 1. The highest BCUT2D eigenvalue weighted by Crippen LogP contribution is 2.21. The molecule has 2 aromatic rings. The van der Waals surface area contributed by atoms with Crippen LogP contribution in [-0.2, 0) is 11.8 Å². The lowest BCUT2D eigenvalue weighted by molar-refractivity contribution is -0.645. The van der Waals surface area contributed by atoms with Gasteiger partial charge in [0.2, 0.25) is 5.91 Å². The SMILES string of the molecule is CC(=O)NCCOc1cccc2ccc[n+](C)c12.[I-]. The standard InChI is InChI=1S/C14H16N2O2.HI/c1-11(17)15-8-10-18-13-7-3-5-12-6-4-9-16(2)14(12)13;/h3-7,9H,8,10H2,1-2H3;1H. The maximum absolute atomic E-state index is 10.8. The lowest BCUT2D eigenvalue weighted by Gasteiger charge is -2.07. The van der Waals surface area contributed by atoms with Crippen LogP contribution < -0.4 is 38.6 Å². The van der Waals surface area contributed by atoms with Crippen LogP contribution >= 0.6 is 0 Å². The number of benzene rings is 1. The third kappa shape index (κ3) is 4.05. The fourth-order valence-electron chi connectivity index (χ4n) is 1.91. The quantitative estimate of drug-likeness (QED) is 0.391. The number of nitrogens with one attached hydrogen (secondary N) is 1. The van der Waals surface area contributed by atoms with Crippen LogP contribution in [0.4, 0.5) is 0 Å². The number of rotatable bonds is 4. The van der Waals surface area contributed by atoms with Gasteiger partial charge in [0.1, 0.15) is 13.7 Å². The number of para-hydroxylation sites is 1. The van der Waals surface area contributed by atoms with E-state index in [9.17, 15) is 4.79 Å². The van der Waals surface area contributed by atoms with Gasteiger partial charge < -0.3 is 34.0 Å². The molecule has 0 aliphatic carbocycles. The Kier molecular flexibility index (Phi) is 6.01. The Hall–Kier alpha value is -1.37. The number of pyridine rings is 1. The molecule has 0 unspecified atom stereocenters. The second kappa shape index (κ2) is 7.28. The molecule has 0 radical (unpaired) electrons. The van der Waals surface area contributed by atoms with Gasteiger partial charge in [0.05, 0.1) is 11.9 Å². The van der Waals surface area contributed by atoms with Crippen molar-refractivity contribution < 1.29 is 38.1 Å². The maximum atomic E-state index is 10.8. The average Bonchev–Trinajstić information content (AvgIpc) is 2.34. The van der Waals surface area contributed by atoms with Gasteiger partial charge in [0, 0.05) is 13.0 Å². The summed E-state index contributed by atoms with van der Waals surface area (Å²) < 4.78 is 7.75. The van der Waals surface area contributed by atoms with Crippen molar-refractivity contribution in [2.24, 2.45) is 7.05 Å². The second-order valence-corrected chi connectivity index (χ2v) is 4.14. The molecule has 19 heavy (non-hydrogen) atoms. The van der Waals surface area contributed by atoms with Gasteiger partial charge in [-0.2, -0.15) is 4.57 Å². The van der Waals surface area contributed by atoms with Gasteiger partial charge in [0.25, 0.3) is 5.52 Å². The minimum Gasteiger partial charge on any atom is -1.00 e. The summed E-state index contributed by atoms with van der Waals surface area (Å²) in [6.07, 6.45) is 1.99. The lowest BCUT2D eigenvalue weighted by Crippen LogP contribution is -3.00. The van der Waals surface area contributed by atoms with Crippen molar-refractivity contribution in [1.82, 2.24) is 5.32 Å². The topological polar surface area (TPSA) is 42.2 Å². The number of amides is 1. The van der Waals surface area contributed by atoms with Gasteiger partial charge in [-0.25, -0.2) is 0 Å². The minimum absolute atomic E-state index is 0. The Morgan fingerprint density at radius 3 is 2.79 bits per heavy atom. The molecule has 102 valence electrons. The van der Waals surface area contributed by atoms with Crippen molar-refractivity contribution >= 4 is 16.8 Å². The Labute approximate surface area is 129 Å². The normalized spacial score (nSPS) is 9.79. The molecule has 4 nitrogen and oxygen atoms in total. The van der Waals surface area contributed by atoms with E-state index >= 15 is 0 Å². The first-order valence-corrected chi connectivity index (χ1v) is 5.93. The lowest BCUT2D eigenvalue weighted by atomic mass is 10.2. The monoisotopic (exact) mass is 372 g/mol. The molecule has 0 atom stereocenters. The Morgan fingerprint density at radius 2 is 2.05 bits per heavy atom. The summed E-state index contributed by atoms with van der Waals surface area (Å²) in [5.41, 5.74) is 1.06. The summed E-state index contributed by atoms with van der Waals surface area (Å²) in [5, 5.41) is 3.84. The first-order chi connectivity index (χ1) is 8.68. The molecule has 0 bridgehead atoms. The maximum Gasteiger partial charge on any atom is 0.254 e. The molecule has 0 fully saturated rings. The Morgan fingerprint density at radius 1 is 1.32 bits per heavy atom. The van der Waals surface area contributed by atoms with E-state index in [0.29, 0.717) is 13.2 Å². The molecule has 1 aromatic heterocycles. The summed E-state index contributed by atoms with van der Waals surface area (Å²) in [6.45, 7) is 2.48. The molecule has 0 aliphatic heterocycles. The molecule has 1 N–H and O–H groups in total. The van der Waals surface area contributed by atoms with Crippen molar-refractivity contribution in [2.75, 3.05) is 13.2 Å².